The van der Waals surface area contributed by atoms with Crippen molar-refractivity contribution in [3.8, 4) is 11.5 Å². The van der Waals surface area contributed by atoms with E-state index in [1.54, 1.807) is 35.2 Å². The summed E-state index contributed by atoms with van der Waals surface area (Å²) in [5, 5.41) is 3.36. The summed E-state index contributed by atoms with van der Waals surface area (Å²) in [6.45, 7) is 3.24. The molecule has 9 nitrogen and oxygen atoms in total. The fraction of sp³-hybridized carbons (Fsp3) is 0.355. The van der Waals surface area contributed by atoms with Crippen molar-refractivity contribution in [3.05, 3.63) is 88.9 Å². The third kappa shape index (κ3) is 8.17. The van der Waals surface area contributed by atoms with Gasteiger partial charge in [-0.1, -0.05) is 60.1 Å². The summed E-state index contributed by atoms with van der Waals surface area (Å²) >= 11 is 6.46. The van der Waals surface area contributed by atoms with Gasteiger partial charge >= 0.3 is 0 Å². The Morgan fingerprint density at radius 2 is 1.67 bits per heavy atom. The van der Waals surface area contributed by atoms with Gasteiger partial charge in [0, 0.05) is 43.6 Å². The first-order valence-corrected chi connectivity index (χ1v) is 16.1. The molecule has 3 aromatic rings. The van der Waals surface area contributed by atoms with Gasteiger partial charge in [0.2, 0.25) is 21.8 Å². The van der Waals surface area contributed by atoms with Gasteiger partial charge in [-0.15, -0.1) is 0 Å². The Balaban J connectivity index is 1.56. The standard InChI is InChI=1S/C31H36ClN3O6S/c1-3-33-31(37)27(20-23-10-5-4-6-11-23)34(22-24-12-7-8-13-26(24)32)30(36)14-9-17-35(42(2,38)39)25-15-16-28-29(21-25)41-19-18-40-28/h4-8,10-13,15-16,21,27H,3,9,14,17-20,22H2,1-2H3,(H,33,37)/t27-/m0/s1. The number of halogens is 1. The van der Waals surface area contributed by atoms with E-state index in [1.807, 2.05) is 49.4 Å². The van der Waals surface area contributed by atoms with E-state index in [0.29, 0.717) is 54.0 Å². The predicted octanol–water partition coefficient (Wildman–Crippen LogP) is 4.43. The van der Waals surface area contributed by atoms with Gasteiger partial charge in [0.1, 0.15) is 19.3 Å². The number of nitrogens with one attached hydrogen (secondary N) is 1. The second-order valence-corrected chi connectivity index (χ2v) is 12.3. The van der Waals surface area contributed by atoms with Crippen molar-refractivity contribution < 1.29 is 27.5 Å². The highest BCUT2D eigenvalue weighted by Gasteiger charge is 2.31. The summed E-state index contributed by atoms with van der Waals surface area (Å²) in [6.07, 6.45) is 1.69. The van der Waals surface area contributed by atoms with Crippen LogP contribution in [-0.2, 0) is 32.6 Å². The van der Waals surface area contributed by atoms with Gasteiger partial charge in [-0.3, -0.25) is 13.9 Å². The molecule has 0 aliphatic carbocycles. The van der Waals surface area contributed by atoms with Crippen LogP contribution in [0.5, 0.6) is 11.5 Å². The SMILES string of the molecule is CCNC(=O)[C@H](Cc1ccccc1)N(Cc1ccccc1Cl)C(=O)CCCN(c1ccc2c(c1)OCCO2)S(C)(=O)=O. The van der Waals surface area contributed by atoms with E-state index in [0.717, 1.165) is 11.8 Å². The molecule has 0 radical (unpaired) electrons. The maximum atomic E-state index is 13.9. The van der Waals surface area contributed by atoms with Crippen molar-refractivity contribution in [1.29, 1.82) is 0 Å². The molecule has 0 fully saturated rings. The number of hydrogen-bond donors (Lipinski definition) is 1. The molecule has 0 bridgehead atoms. The lowest BCUT2D eigenvalue weighted by Gasteiger charge is -2.32. The molecule has 3 aromatic carbocycles. The summed E-state index contributed by atoms with van der Waals surface area (Å²) in [4.78, 5) is 28.7. The van der Waals surface area contributed by atoms with E-state index in [2.05, 4.69) is 5.32 Å². The number of ether oxygens (including phenoxy) is 2. The number of likely N-dealkylation sites (N-methyl/N-ethyl adjacent to an activating group) is 1. The van der Waals surface area contributed by atoms with Crippen molar-refractivity contribution in [2.75, 3.05) is 36.9 Å². The number of nitrogens with zero attached hydrogens (tertiary/aromatic N) is 2. The number of hydrogen-bond acceptors (Lipinski definition) is 6. The Morgan fingerprint density at radius 3 is 2.36 bits per heavy atom. The van der Waals surface area contributed by atoms with E-state index < -0.39 is 16.1 Å². The lowest BCUT2D eigenvalue weighted by molar-refractivity contribution is -0.141. The Hall–Kier alpha value is -3.76. The van der Waals surface area contributed by atoms with Gasteiger partial charge in [-0.25, -0.2) is 8.42 Å². The van der Waals surface area contributed by atoms with Gasteiger partial charge in [0.15, 0.2) is 11.5 Å². The molecule has 42 heavy (non-hydrogen) atoms. The Bertz CT molecular complexity index is 1480. The molecule has 0 spiro atoms. The van der Waals surface area contributed by atoms with Crippen LogP contribution in [0.15, 0.2) is 72.8 Å². The van der Waals surface area contributed by atoms with Crippen LogP contribution in [0.25, 0.3) is 0 Å². The molecule has 1 heterocycles. The van der Waals surface area contributed by atoms with Gasteiger partial charge in [0.05, 0.1) is 11.9 Å². The minimum Gasteiger partial charge on any atom is -0.486 e. The summed E-state index contributed by atoms with van der Waals surface area (Å²) < 4.78 is 37.9. The van der Waals surface area contributed by atoms with Crippen LogP contribution in [0.3, 0.4) is 0 Å². The molecule has 0 unspecified atom stereocenters. The van der Waals surface area contributed by atoms with E-state index >= 15 is 0 Å². The van der Waals surface area contributed by atoms with Gasteiger partial charge in [-0.05, 0) is 42.7 Å². The Morgan fingerprint density at radius 1 is 0.976 bits per heavy atom. The molecular weight excluding hydrogens is 578 g/mol. The highest BCUT2D eigenvalue weighted by molar-refractivity contribution is 7.92. The van der Waals surface area contributed by atoms with Gasteiger partial charge < -0.3 is 19.7 Å². The van der Waals surface area contributed by atoms with Gasteiger partial charge in [0.25, 0.3) is 0 Å². The zero-order valence-electron chi connectivity index (χ0n) is 23.8. The fourth-order valence-electron chi connectivity index (χ4n) is 4.85. The second kappa shape index (κ2) is 14.4. The van der Waals surface area contributed by atoms with E-state index in [9.17, 15) is 18.0 Å². The molecule has 224 valence electrons. The van der Waals surface area contributed by atoms with Crippen LogP contribution in [0.1, 0.15) is 30.9 Å². The second-order valence-electron chi connectivity index (χ2n) is 9.98. The Kier molecular flexibility index (Phi) is 10.7. The number of fused-ring (bicyclic) bond motifs is 1. The smallest absolute Gasteiger partial charge is 0.243 e. The third-order valence-corrected chi connectivity index (χ3v) is 8.45. The maximum Gasteiger partial charge on any atom is 0.243 e. The monoisotopic (exact) mass is 613 g/mol. The van der Waals surface area contributed by atoms with Crippen LogP contribution in [0.4, 0.5) is 5.69 Å². The van der Waals surface area contributed by atoms with E-state index in [4.69, 9.17) is 21.1 Å². The minimum absolute atomic E-state index is 0.0196. The van der Waals surface area contributed by atoms with Crippen molar-refractivity contribution in [2.24, 2.45) is 0 Å². The average Bonchev–Trinajstić information content (AvgIpc) is 2.97. The van der Waals surface area contributed by atoms with E-state index in [-0.39, 0.29) is 37.7 Å². The fourth-order valence-corrected chi connectivity index (χ4v) is 6.00. The van der Waals surface area contributed by atoms with Crippen LogP contribution < -0.4 is 19.1 Å². The number of amides is 2. The Labute approximate surface area is 252 Å². The van der Waals surface area contributed by atoms with Crippen molar-refractivity contribution in [3.63, 3.8) is 0 Å². The molecule has 1 N–H and O–H groups in total. The summed E-state index contributed by atoms with van der Waals surface area (Å²) in [7, 11) is -3.66. The minimum atomic E-state index is -3.66. The lowest BCUT2D eigenvalue weighted by atomic mass is 10.0. The number of benzene rings is 3. The third-order valence-electron chi connectivity index (χ3n) is 6.89. The molecule has 1 atom stereocenters. The van der Waals surface area contributed by atoms with E-state index in [1.165, 1.54) is 4.31 Å². The van der Waals surface area contributed by atoms with Crippen molar-refractivity contribution in [1.82, 2.24) is 10.2 Å². The quantitative estimate of drug-likeness (QED) is 0.306. The van der Waals surface area contributed by atoms with Crippen LogP contribution in [-0.4, -0.2) is 63.7 Å². The first-order chi connectivity index (χ1) is 20.2. The predicted molar refractivity (Wildman–Crippen MR) is 163 cm³/mol. The number of anilines is 1. The average molecular weight is 614 g/mol. The first kappa shape index (κ1) is 31.2. The molecule has 4 rings (SSSR count). The molecule has 0 saturated carbocycles. The maximum absolute atomic E-state index is 13.9. The van der Waals surface area contributed by atoms with Crippen LogP contribution >= 0.6 is 11.6 Å². The molecule has 0 aromatic heterocycles. The summed E-state index contributed by atoms with van der Waals surface area (Å²) in [5.41, 5.74) is 2.04. The topological polar surface area (TPSA) is 105 Å². The number of carbonyl (C=O) groups excluding carboxylic acids is 2. The van der Waals surface area contributed by atoms with Crippen LogP contribution in [0, 0.1) is 0 Å². The molecule has 0 saturated heterocycles. The van der Waals surface area contributed by atoms with Crippen LogP contribution in [0.2, 0.25) is 5.02 Å². The zero-order valence-corrected chi connectivity index (χ0v) is 25.4. The zero-order chi connectivity index (χ0) is 30.1. The normalized spacial score (nSPS) is 13.2. The van der Waals surface area contributed by atoms with Crippen molar-refractivity contribution in [2.45, 2.75) is 38.8 Å². The largest absolute Gasteiger partial charge is 0.486 e. The first-order valence-electron chi connectivity index (χ1n) is 13.9. The molecule has 11 heteroatoms. The lowest BCUT2D eigenvalue weighted by Crippen LogP contribution is -2.50. The number of carbonyl (C=O) groups is 2. The number of rotatable bonds is 13. The van der Waals surface area contributed by atoms with Gasteiger partial charge in [-0.2, -0.15) is 0 Å². The highest BCUT2D eigenvalue weighted by Crippen LogP contribution is 2.35. The molecule has 1 aliphatic rings. The summed E-state index contributed by atoms with van der Waals surface area (Å²) in [6, 6.07) is 20.9. The molecular formula is C31H36ClN3O6S. The summed E-state index contributed by atoms with van der Waals surface area (Å²) in [5.74, 6) is 0.479. The molecule has 2 amide bonds. The number of sulfonamides is 1. The molecule has 1 aliphatic heterocycles. The highest BCUT2D eigenvalue weighted by atomic mass is 35.5. The van der Waals surface area contributed by atoms with Crippen molar-refractivity contribution >= 4 is 39.1 Å².